The first-order valence-electron chi connectivity index (χ1n) is 10.0. The molecule has 0 radical (unpaired) electrons. The second kappa shape index (κ2) is 6.86. The highest BCUT2D eigenvalue weighted by atomic mass is 19.4. The van der Waals surface area contributed by atoms with Crippen LogP contribution in [0.15, 0.2) is 6.20 Å². The molecule has 1 saturated heterocycles. The molecule has 3 aliphatic rings. The average molecular weight is 408 g/mol. The molecular weight excluding hydrogens is 385 g/mol. The Balaban J connectivity index is 1.61. The number of hydrogen-bond donors (Lipinski definition) is 2. The number of rotatable bonds is 1. The van der Waals surface area contributed by atoms with Crippen LogP contribution in [0.3, 0.4) is 0 Å². The van der Waals surface area contributed by atoms with Crippen LogP contribution in [0.5, 0.6) is 0 Å². The highest BCUT2D eigenvalue weighted by Crippen LogP contribution is 2.39. The highest BCUT2D eigenvalue weighted by molar-refractivity contribution is 5.59. The Labute approximate surface area is 166 Å². The molecule has 156 valence electrons. The Bertz CT molecular complexity index is 923. The Hall–Kier alpha value is -2.36. The molecule has 10 heteroatoms. The number of alkyl halides is 3. The van der Waals surface area contributed by atoms with Gasteiger partial charge in [-0.05, 0) is 39.0 Å². The first kappa shape index (κ1) is 18.7. The zero-order chi connectivity index (χ0) is 20.2. The predicted octanol–water partition coefficient (Wildman–Crippen LogP) is 3.84. The first-order valence-corrected chi connectivity index (χ1v) is 10.0. The average Bonchev–Trinajstić information content (AvgIpc) is 3.15. The van der Waals surface area contributed by atoms with Gasteiger partial charge in [-0.25, -0.2) is 9.67 Å². The third kappa shape index (κ3) is 3.33. The fraction of sp³-hybridized carbons (Fsp3) is 0.632. The number of hydrogen-bond acceptors (Lipinski definition) is 6. The van der Waals surface area contributed by atoms with Gasteiger partial charge in [0.1, 0.15) is 17.2 Å². The van der Waals surface area contributed by atoms with Crippen molar-refractivity contribution in [1.29, 1.82) is 0 Å². The summed E-state index contributed by atoms with van der Waals surface area (Å²) in [7, 11) is 0. The van der Waals surface area contributed by atoms with Gasteiger partial charge in [-0.1, -0.05) is 0 Å². The molecule has 2 atom stereocenters. The van der Waals surface area contributed by atoms with Crippen LogP contribution >= 0.6 is 0 Å². The molecule has 2 aliphatic heterocycles. The lowest BCUT2D eigenvalue weighted by molar-refractivity contribution is -0.137. The van der Waals surface area contributed by atoms with Gasteiger partial charge in [-0.2, -0.15) is 23.3 Å². The fourth-order valence-corrected chi connectivity index (χ4v) is 4.32. The second-order valence-electron chi connectivity index (χ2n) is 8.11. The maximum atomic E-state index is 13.5. The third-order valence-corrected chi connectivity index (χ3v) is 6.24. The van der Waals surface area contributed by atoms with Crippen LogP contribution in [0.25, 0.3) is 0 Å². The fourth-order valence-electron chi connectivity index (χ4n) is 4.32. The van der Waals surface area contributed by atoms with Gasteiger partial charge >= 0.3 is 6.18 Å². The van der Waals surface area contributed by atoms with Crippen molar-refractivity contribution in [3.8, 4) is 0 Å². The van der Waals surface area contributed by atoms with Crippen LogP contribution in [0, 0.1) is 12.8 Å². The minimum atomic E-state index is -4.54. The zero-order valence-corrected chi connectivity index (χ0v) is 16.1. The molecule has 1 unspecified atom stereocenters. The van der Waals surface area contributed by atoms with Gasteiger partial charge in [0, 0.05) is 17.7 Å². The topological polar surface area (TPSA) is 76.9 Å². The predicted molar refractivity (Wildman–Crippen MR) is 100 cm³/mol. The molecule has 29 heavy (non-hydrogen) atoms. The molecule has 2 aromatic heterocycles. The SMILES string of the molecule is Cc1nn(C2CCC2)c2c1CC[C@@H]1COCC1Nc1nc(ncc1C(F)(F)F)N2. The van der Waals surface area contributed by atoms with Crippen molar-refractivity contribution in [3.05, 3.63) is 23.0 Å². The molecule has 4 heterocycles. The summed E-state index contributed by atoms with van der Waals surface area (Å²) in [6.45, 7) is 2.87. The Morgan fingerprint density at radius 1 is 1.21 bits per heavy atom. The molecule has 0 aromatic carbocycles. The quantitative estimate of drug-likeness (QED) is 0.747. The molecule has 2 fully saturated rings. The van der Waals surface area contributed by atoms with Crippen molar-refractivity contribution in [3.63, 3.8) is 0 Å². The minimum Gasteiger partial charge on any atom is -0.379 e. The monoisotopic (exact) mass is 408 g/mol. The lowest BCUT2D eigenvalue weighted by Crippen LogP contribution is -2.30. The molecular formula is C19H23F3N6O. The van der Waals surface area contributed by atoms with E-state index in [2.05, 4.69) is 20.6 Å². The lowest BCUT2D eigenvalue weighted by Gasteiger charge is -2.27. The van der Waals surface area contributed by atoms with E-state index in [4.69, 9.17) is 9.84 Å². The van der Waals surface area contributed by atoms with Crippen LogP contribution in [0.1, 0.15) is 48.5 Å². The number of anilines is 3. The normalized spacial score (nSPS) is 24.6. The first-order chi connectivity index (χ1) is 13.9. The molecule has 2 bridgehead atoms. The van der Waals surface area contributed by atoms with Gasteiger partial charge in [-0.3, -0.25) is 0 Å². The highest BCUT2D eigenvalue weighted by Gasteiger charge is 2.38. The summed E-state index contributed by atoms with van der Waals surface area (Å²) in [4.78, 5) is 8.17. The molecule has 1 aliphatic carbocycles. The number of nitrogens with one attached hydrogen (secondary N) is 2. The second-order valence-corrected chi connectivity index (χ2v) is 8.11. The Kier molecular flexibility index (Phi) is 4.41. The van der Waals surface area contributed by atoms with Crippen LogP contribution in [-0.2, 0) is 17.3 Å². The van der Waals surface area contributed by atoms with E-state index < -0.39 is 11.7 Å². The van der Waals surface area contributed by atoms with Crippen LogP contribution < -0.4 is 10.6 Å². The summed E-state index contributed by atoms with van der Waals surface area (Å²) in [5, 5.41) is 10.9. The molecule has 5 rings (SSSR count). The lowest BCUT2D eigenvalue weighted by atomic mass is 9.93. The number of halogens is 3. The number of fused-ring (bicyclic) bond motifs is 4. The van der Waals surface area contributed by atoms with Crippen molar-refractivity contribution in [1.82, 2.24) is 19.7 Å². The summed E-state index contributed by atoms with van der Waals surface area (Å²) >= 11 is 0. The van der Waals surface area contributed by atoms with E-state index in [0.717, 1.165) is 55.4 Å². The summed E-state index contributed by atoms with van der Waals surface area (Å²) in [5.41, 5.74) is 1.15. The molecule has 0 spiro atoms. The van der Waals surface area contributed by atoms with Gasteiger partial charge in [0.05, 0.1) is 31.0 Å². The van der Waals surface area contributed by atoms with E-state index in [0.29, 0.717) is 19.3 Å². The zero-order valence-electron chi connectivity index (χ0n) is 16.1. The van der Waals surface area contributed by atoms with Crippen molar-refractivity contribution < 1.29 is 17.9 Å². The molecule has 7 nitrogen and oxygen atoms in total. The van der Waals surface area contributed by atoms with Crippen LogP contribution in [-0.4, -0.2) is 39.0 Å². The smallest absolute Gasteiger partial charge is 0.379 e. The number of ether oxygens (including phenoxy) is 1. The summed E-state index contributed by atoms with van der Waals surface area (Å²) in [5.74, 6) is 0.840. The Morgan fingerprint density at radius 3 is 2.76 bits per heavy atom. The third-order valence-electron chi connectivity index (χ3n) is 6.24. The summed E-state index contributed by atoms with van der Waals surface area (Å²) in [6, 6.07) is 0.0899. The van der Waals surface area contributed by atoms with Crippen molar-refractivity contribution >= 4 is 17.6 Å². The molecule has 1 saturated carbocycles. The van der Waals surface area contributed by atoms with Crippen molar-refractivity contribution in [2.45, 2.75) is 57.3 Å². The molecule has 2 aromatic rings. The van der Waals surface area contributed by atoms with E-state index in [1.807, 2.05) is 11.6 Å². The molecule has 0 amide bonds. The summed E-state index contributed by atoms with van der Waals surface area (Å²) < 4.78 is 48.1. The number of aromatic nitrogens is 4. The van der Waals surface area contributed by atoms with Crippen LogP contribution in [0.2, 0.25) is 0 Å². The van der Waals surface area contributed by atoms with Gasteiger partial charge in [0.15, 0.2) is 0 Å². The van der Waals surface area contributed by atoms with Gasteiger partial charge in [-0.15, -0.1) is 0 Å². The van der Waals surface area contributed by atoms with Gasteiger partial charge in [0.25, 0.3) is 0 Å². The maximum absolute atomic E-state index is 13.5. The largest absolute Gasteiger partial charge is 0.421 e. The van der Waals surface area contributed by atoms with E-state index in [1.54, 1.807) is 0 Å². The van der Waals surface area contributed by atoms with E-state index >= 15 is 0 Å². The van der Waals surface area contributed by atoms with Crippen molar-refractivity contribution in [2.75, 3.05) is 23.8 Å². The maximum Gasteiger partial charge on any atom is 0.421 e. The van der Waals surface area contributed by atoms with Gasteiger partial charge < -0.3 is 15.4 Å². The molecule has 2 N–H and O–H groups in total. The number of aryl methyl sites for hydroxylation is 1. The van der Waals surface area contributed by atoms with Gasteiger partial charge in [0.2, 0.25) is 5.95 Å². The van der Waals surface area contributed by atoms with E-state index in [1.165, 1.54) is 0 Å². The van der Waals surface area contributed by atoms with E-state index in [9.17, 15) is 13.2 Å². The summed E-state index contributed by atoms with van der Waals surface area (Å²) in [6.07, 6.45) is 1.14. The number of nitrogens with zero attached hydrogens (tertiary/aromatic N) is 4. The van der Waals surface area contributed by atoms with Crippen LogP contribution in [0.4, 0.5) is 30.8 Å². The standard InChI is InChI=1S/C19H23F3N6O/c1-10-13-6-5-11-8-29-9-15(11)24-16-14(19(20,21)22)7-23-18(25-16)26-17(13)28(27-10)12-3-2-4-12/h7,11-12,15H,2-6,8-9H2,1H3,(H2,23,24,25,26)/t11-,15?/m1/s1. The van der Waals surface area contributed by atoms with E-state index in [-0.39, 0.29) is 23.7 Å². The minimum absolute atomic E-state index is 0.104. The Morgan fingerprint density at radius 2 is 2.03 bits per heavy atom. The van der Waals surface area contributed by atoms with Crippen molar-refractivity contribution in [2.24, 2.45) is 5.92 Å².